The van der Waals surface area contributed by atoms with Crippen LogP contribution in [0, 0.1) is 16.7 Å². The maximum Gasteiger partial charge on any atom is 0.223 e. The van der Waals surface area contributed by atoms with E-state index < -0.39 is 0 Å². The summed E-state index contributed by atoms with van der Waals surface area (Å²) in [5.41, 5.74) is 6.15. The van der Waals surface area contributed by atoms with Gasteiger partial charge in [0.25, 0.3) is 0 Å². The van der Waals surface area contributed by atoms with Crippen LogP contribution >= 0.6 is 11.8 Å². The summed E-state index contributed by atoms with van der Waals surface area (Å²) >= 11 is 1.71. The second-order valence-corrected chi connectivity index (χ2v) is 7.33. The lowest BCUT2D eigenvalue weighted by atomic mass is 9.48. The molecular weight excluding hydrogens is 232 g/mol. The highest BCUT2D eigenvalue weighted by Crippen LogP contribution is 2.52. The van der Waals surface area contributed by atoms with Crippen LogP contribution in [0.1, 0.15) is 34.6 Å². The summed E-state index contributed by atoms with van der Waals surface area (Å²) in [5.74, 6) is 1.08. The molecule has 100 valence electrons. The summed E-state index contributed by atoms with van der Waals surface area (Å²) in [6.07, 6.45) is 2.02. The number of carbonyl (C=O) groups is 1. The van der Waals surface area contributed by atoms with E-state index >= 15 is 0 Å². The highest BCUT2D eigenvalue weighted by atomic mass is 32.2. The molecule has 1 rings (SSSR count). The molecule has 0 aliphatic heterocycles. The van der Waals surface area contributed by atoms with Gasteiger partial charge in [-0.05, 0) is 6.26 Å². The standard InChI is InChI=1S/C13H26N2OS/c1-8(7-17-6)9(16)15-11-12(2,3)10(14)13(11,4)5/h8,10-11H,7,14H2,1-6H3,(H,15,16). The number of hydrogen-bond acceptors (Lipinski definition) is 3. The molecule has 0 spiro atoms. The molecule has 0 bridgehead atoms. The average molecular weight is 258 g/mol. The Labute approximate surface area is 109 Å². The maximum absolute atomic E-state index is 12.1. The minimum Gasteiger partial charge on any atom is -0.352 e. The van der Waals surface area contributed by atoms with Gasteiger partial charge in [-0.15, -0.1) is 0 Å². The number of nitrogens with two attached hydrogens (primary N) is 1. The number of thioether (sulfide) groups is 1. The first kappa shape index (κ1) is 14.8. The van der Waals surface area contributed by atoms with Crippen molar-refractivity contribution in [2.45, 2.75) is 46.7 Å². The van der Waals surface area contributed by atoms with Crippen molar-refractivity contribution in [2.24, 2.45) is 22.5 Å². The Morgan fingerprint density at radius 2 is 1.82 bits per heavy atom. The Hall–Kier alpha value is -0.220. The number of amides is 1. The van der Waals surface area contributed by atoms with Gasteiger partial charge >= 0.3 is 0 Å². The van der Waals surface area contributed by atoms with Gasteiger partial charge in [-0.2, -0.15) is 11.8 Å². The summed E-state index contributed by atoms with van der Waals surface area (Å²) in [4.78, 5) is 12.1. The lowest BCUT2D eigenvalue weighted by Crippen LogP contribution is -2.76. The van der Waals surface area contributed by atoms with Crippen molar-refractivity contribution in [3.05, 3.63) is 0 Å². The van der Waals surface area contributed by atoms with Crippen LogP contribution in [0.15, 0.2) is 0 Å². The molecule has 1 fully saturated rings. The molecule has 1 amide bonds. The largest absolute Gasteiger partial charge is 0.352 e. The second kappa shape index (κ2) is 4.81. The van der Waals surface area contributed by atoms with Gasteiger partial charge in [0, 0.05) is 34.6 Å². The summed E-state index contributed by atoms with van der Waals surface area (Å²) in [5, 5.41) is 3.18. The summed E-state index contributed by atoms with van der Waals surface area (Å²) in [7, 11) is 0. The first-order valence-corrected chi connectivity index (χ1v) is 7.60. The Morgan fingerprint density at radius 3 is 2.24 bits per heavy atom. The molecule has 17 heavy (non-hydrogen) atoms. The van der Waals surface area contributed by atoms with Gasteiger partial charge < -0.3 is 11.1 Å². The van der Waals surface area contributed by atoms with E-state index in [1.165, 1.54) is 0 Å². The molecule has 1 unspecified atom stereocenters. The Bertz CT molecular complexity index is 286. The third kappa shape index (κ3) is 2.48. The van der Waals surface area contributed by atoms with Gasteiger partial charge in [-0.1, -0.05) is 34.6 Å². The molecule has 1 saturated carbocycles. The van der Waals surface area contributed by atoms with E-state index in [4.69, 9.17) is 5.73 Å². The maximum atomic E-state index is 12.1. The van der Waals surface area contributed by atoms with Crippen molar-refractivity contribution in [1.82, 2.24) is 5.32 Å². The third-order valence-corrected chi connectivity index (χ3v) is 5.08. The zero-order valence-electron chi connectivity index (χ0n) is 11.8. The van der Waals surface area contributed by atoms with E-state index in [2.05, 4.69) is 33.0 Å². The predicted molar refractivity (Wildman–Crippen MR) is 75.0 cm³/mol. The Kier molecular flexibility index (Phi) is 4.20. The summed E-state index contributed by atoms with van der Waals surface area (Å²) in [6.45, 7) is 10.5. The minimum absolute atomic E-state index is 0.0156. The van der Waals surface area contributed by atoms with Gasteiger partial charge in [-0.3, -0.25) is 4.79 Å². The smallest absolute Gasteiger partial charge is 0.223 e. The fourth-order valence-corrected chi connectivity index (χ4v) is 3.81. The van der Waals surface area contributed by atoms with E-state index in [0.29, 0.717) is 0 Å². The second-order valence-electron chi connectivity index (χ2n) is 6.42. The quantitative estimate of drug-likeness (QED) is 0.809. The van der Waals surface area contributed by atoms with Gasteiger partial charge in [0.2, 0.25) is 5.91 Å². The monoisotopic (exact) mass is 258 g/mol. The summed E-state index contributed by atoms with van der Waals surface area (Å²) < 4.78 is 0. The van der Waals surface area contributed by atoms with E-state index in [-0.39, 0.29) is 34.7 Å². The molecule has 0 aromatic carbocycles. The van der Waals surface area contributed by atoms with Crippen LogP contribution in [0.25, 0.3) is 0 Å². The van der Waals surface area contributed by atoms with Gasteiger partial charge in [-0.25, -0.2) is 0 Å². The third-order valence-electron chi connectivity index (χ3n) is 4.24. The van der Waals surface area contributed by atoms with Crippen molar-refractivity contribution < 1.29 is 4.79 Å². The molecular formula is C13H26N2OS. The fourth-order valence-electron chi connectivity index (χ4n) is 3.16. The molecule has 1 aliphatic carbocycles. The molecule has 4 heteroatoms. The lowest BCUT2D eigenvalue weighted by molar-refractivity contribution is -0.134. The molecule has 3 N–H and O–H groups in total. The van der Waals surface area contributed by atoms with Crippen LogP contribution in [-0.2, 0) is 4.79 Å². The van der Waals surface area contributed by atoms with Crippen LogP contribution in [0.5, 0.6) is 0 Å². The predicted octanol–water partition coefficient (Wildman–Crippen LogP) is 1.86. The zero-order chi connectivity index (χ0) is 13.4. The van der Waals surface area contributed by atoms with E-state index in [1.807, 2.05) is 13.2 Å². The van der Waals surface area contributed by atoms with Crippen molar-refractivity contribution in [1.29, 1.82) is 0 Å². The van der Waals surface area contributed by atoms with Crippen molar-refractivity contribution >= 4 is 17.7 Å². The van der Waals surface area contributed by atoms with Gasteiger partial charge in [0.05, 0.1) is 0 Å². The molecule has 0 aromatic heterocycles. The highest BCUT2D eigenvalue weighted by Gasteiger charge is 2.60. The number of rotatable bonds is 4. The highest BCUT2D eigenvalue weighted by molar-refractivity contribution is 7.98. The van der Waals surface area contributed by atoms with E-state index in [1.54, 1.807) is 11.8 Å². The van der Waals surface area contributed by atoms with Crippen LogP contribution in [0.2, 0.25) is 0 Å². The number of carbonyl (C=O) groups excluding carboxylic acids is 1. The van der Waals surface area contributed by atoms with Crippen LogP contribution < -0.4 is 11.1 Å². The first-order valence-electron chi connectivity index (χ1n) is 6.20. The number of hydrogen-bond donors (Lipinski definition) is 2. The van der Waals surface area contributed by atoms with Crippen LogP contribution in [0.4, 0.5) is 0 Å². The Morgan fingerprint density at radius 1 is 1.35 bits per heavy atom. The normalized spacial score (nSPS) is 31.5. The molecule has 1 aliphatic rings. The molecule has 1 atom stereocenters. The van der Waals surface area contributed by atoms with Gasteiger partial charge in [0.15, 0.2) is 0 Å². The van der Waals surface area contributed by atoms with Crippen LogP contribution in [-0.4, -0.2) is 30.0 Å². The van der Waals surface area contributed by atoms with Gasteiger partial charge in [0.1, 0.15) is 0 Å². The topological polar surface area (TPSA) is 55.1 Å². The van der Waals surface area contributed by atoms with E-state index in [0.717, 1.165) is 5.75 Å². The van der Waals surface area contributed by atoms with E-state index in [9.17, 15) is 4.79 Å². The zero-order valence-corrected chi connectivity index (χ0v) is 12.6. The first-order chi connectivity index (χ1) is 7.65. The lowest BCUT2D eigenvalue weighted by Gasteiger charge is -2.63. The Balaban J connectivity index is 2.66. The van der Waals surface area contributed by atoms with Crippen molar-refractivity contribution in [2.75, 3.05) is 12.0 Å². The fraction of sp³-hybridized carbons (Fsp3) is 0.923. The molecule has 0 aromatic rings. The number of nitrogens with one attached hydrogen (secondary N) is 1. The average Bonchev–Trinajstić information content (AvgIpc) is 2.24. The molecule has 0 radical (unpaired) electrons. The summed E-state index contributed by atoms with van der Waals surface area (Å²) in [6, 6.07) is 0.304. The van der Waals surface area contributed by atoms with Crippen molar-refractivity contribution in [3.8, 4) is 0 Å². The molecule has 0 heterocycles. The minimum atomic E-state index is -0.0156. The SMILES string of the molecule is CSCC(C)C(=O)NC1C(C)(C)C(N)C1(C)C. The van der Waals surface area contributed by atoms with Crippen molar-refractivity contribution in [3.63, 3.8) is 0 Å². The molecule has 0 saturated heterocycles. The van der Waals surface area contributed by atoms with Crippen LogP contribution in [0.3, 0.4) is 0 Å². The molecule has 3 nitrogen and oxygen atoms in total.